The van der Waals surface area contributed by atoms with E-state index >= 15 is 0 Å². The van der Waals surface area contributed by atoms with Crippen molar-refractivity contribution >= 4 is 17.5 Å². The molecule has 0 aromatic heterocycles. The fourth-order valence-corrected chi connectivity index (χ4v) is 4.78. The van der Waals surface area contributed by atoms with Gasteiger partial charge in [0, 0.05) is 37.4 Å². The number of nitrogens with zero attached hydrogens (tertiary/aromatic N) is 2. The minimum atomic E-state index is -0.908. The van der Waals surface area contributed by atoms with Crippen molar-refractivity contribution in [2.24, 2.45) is 0 Å². The zero-order valence-corrected chi connectivity index (χ0v) is 19.3. The van der Waals surface area contributed by atoms with Gasteiger partial charge in [-0.1, -0.05) is 30.8 Å². The molecular formula is C26H30N4O4. The first kappa shape index (κ1) is 22.4. The normalized spacial score (nSPS) is 19.2. The SMILES string of the molecule is C=C(C)N1CC2(C1)Oc1ccc(C(=O)NCC(O)CN3CCc4ccccc4C3)cc1NC2=O. The van der Waals surface area contributed by atoms with Crippen LogP contribution in [0.2, 0.25) is 0 Å². The zero-order chi connectivity index (χ0) is 23.9. The number of hydrogen-bond donors (Lipinski definition) is 3. The Labute approximate surface area is 199 Å². The van der Waals surface area contributed by atoms with Crippen molar-refractivity contribution in [1.82, 2.24) is 15.1 Å². The Bertz CT molecular complexity index is 1140. The van der Waals surface area contributed by atoms with Gasteiger partial charge in [0.25, 0.3) is 11.8 Å². The Morgan fingerprint density at radius 1 is 1.26 bits per heavy atom. The number of aliphatic hydroxyl groups is 1. The highest BCUT2D eigenvalue weighted by molar-refractivity contribution is 6.04. The van der Waals surface area contributed by atoms with Crippen molar-refractivity contribution in [1.29, 1.82) is 0 Å². The van der Waals surface area contributed by atoms with Gasteiger partial charge in [0.1, 0.15) is 5.75 Å². The number of hydrogen-bond acceptors (Lipinski definition) is 6. The Morgan fingerprint density at radius 3 is 2.79 bits per heavy atom. The highest BCUT2D eigenvalue weighted by Crippen LogP contribution is 2.39. The number of aliphatic hydroxyl groups excluding tert-OH is 1. The largest absolute Gasteiger partial charge is 0.471 e. The second-order valence-corrected chi connectivity index (χ2v) is 9.47. The molecule has 1 unspecified atom stereocenters. The van der Waals surface area contributed by atoms with Crippen LogP contribution in [0.15, 0.2) is 54.7 Å². The molecule has 0 radical (unpaired) electrons. The molecule has 1 atom stereocenters. The van der Waals surface area contributed by atoms with Crippen LogP contribution in [0.1, 0.15) is 28.4 Å². The number of nitrogens with one attached hydrogen (secondary N) is 2. The van der Waals surface area contributed by atoms with Gasteiger partial charge in [-0.25, -0.2) is 0 Å². The molecule has 0 aliphatic carbocycles. The average molecular weight is 463 g/mol. The molecule has 2 aromatic rings. The van der Waals surface area contributed by atoms with Crippen LogP contribution in [0.4, 0.5) is 5.69 Å². The maximum atomic E-state index is 12.7. The van der Waals surface area contributed by atoms with Gasteiger partial charge in [0.2, 0.25) is 5.60 Å². The molecule has 3 heterocycles. The molecule has 34 heavy (non-hydrogen) atoms. The Morgan fingerprint density at radius 2 is 2.03 bits per heavy atom. The van der Waals surface area contributed by atoms with Crippen molar-refractivity contribution < 1.29 is 19.4 Å². The van der Waals surface area contributed by atoms with E-state index in [1.54, 1.807) is 18.2 Å². The predicted molar refractivity (Wildman–Crippen MR) is 129 cm³/mol. The standard InChI is InChI=1S/C26H30N4O4/c1-17(2)30-15-26(16-30)25(33)28-22-11-19(7-8-23(22)34-26)24(32)27-12-21(31)14-29-10-9-18-5-3-4-6-20(18)13-29/h3-8,11,21,31H,1,9-10,12-16H2,2H3,(H,27,32)(H,28,33). The van der Waals surface area contributed by atoms with Crippen molar-refractivity contribution in [2.75, 3.05) is 38.0 Å². The van der Waals surface area contributed by atoms with Gasteiger partial charge in [-0.05, 0) is 42.7 Å². The molecule has 3 aliphatic heterocycles. The maximum absolute atomic E-state index is 12.7. The second-order valence-electron chi connectivity index (χ2n) is 9.47. The minimum Gasteiger partial charge on any atom is -0.471 e. The van der Waals surface area contributed by atoms with Gasteiger partial charge in [-0.15, -0.1) is 0 Å². The summed E-state index contributed by atoms with van der Waals surface area (Å²) in [5, 5.41) is 16.2. The third kappa shape index (κ3) is 4.26. The summed E-state index contributed by atoms with van der Waals surface area (Å²) in [6.07, 6.45) is 0.287. The number of anilines is 1. The molecule has 8 nitrogen and oxygen atoms in total. The van der Waals surface area contributed by atoms with E-state index in [1.165, 1.54) is 11.1 Å². The second kappa shape index (κ2) is 8.77. The lowest BCUT2D eigenvalue weighted by atomic mass is 9.90. The van der Waals surface area contributed by atoms with Crippen LogP contribution < -0.4 is 15.4 Å². The average Bonchev–Trinajstić information content (AvgIpc) is 2.80. The van der Waals surface area contributed by atoms with E-state index in [1.807, 2.05) is 17.9 Å². The molecule has 8 heteroatoms. The molecule has 0 saturated carbocycles. The number of carbonyl (C=O) groups excluding carboxylic acids is 2. The van der Waals surface area contributed by atoms with Crippen LogP contribution in [0.3, 0.4) is 0 Å². The van der Waals surface area contributed by atoms with Crippen molar-refractivity contribution in [3.63, 3.8) is 0 Å². The molecule has 0 bridgehead atoms. The van der Waals surface area contributed by atoms with Gasteiger partial charge < -0.3 is 25.4 Å². The topological polar surface area (TPSA) is 94.1 Å². The van der Waals surface area contributed by atoms with Crippen LogP contribution in [-0.4, -0.2) is 71.1 Å². The van der Waals surface area contributed by atoms with Crippen molar-refractivity contribution in [3.8, 4) is 5.75 Å². The number of allylic oxidation sites excluding steroid dienone is 1. The molecule has 178 valence electrons. The fraction of sp³-hybridized carbons (Fsp3) is 0.385. The molecule has 1 fully saturated rings. The lowest BCUT2D eigenvalue weighted by Crippen LogP contribution is -2.70. The smallest absolute Gasteiger partial charge is 0.272 e. The predicted octanol–water partition coefficient (Wildman–Crippen LogP) is 1.75. The third-order valence-electron chi connectivity index (χ3n) is 6.82. The summed E-state index contributed by atoms with van der Waals surface area (Å²) in [5.74, 6) is 0.0222. The van der Waals surface area contributed by atoms with Crippen molar-refractivity contribution in [2.45, 2.75) is 31.6 Å². The number of ether oxygens (including phenoxy) is 1. The fourth-order valence-electron chi connectivity index (χ4n) is 4.78. The summed E-state index contributed by atoms with van der Waals surface area (Å²) in [4.78, 5) is 29.5. The molecule has 5 rings (SSSR count). The summed E-state index contributed by atoms with van der Waals surface area (Å²) in [6, 6.07) is 13.3. The Balaban J connectivity index is 1.15. The quantitative estimate of drug-likeness (QED) is 0.606. The molecular weight excluding hydrogens is 432 g/mol. The number of fused-ring (bicyclic) bond motifs is 2. The zero-order valence-electron chi connectivity index (χ0n) is 19.3. The molecule has 1 spiro atoms. The minimum absolute atomic E-state index is 0.150. The maximum Gasteiger partial charge on any atom is 0.272 e. The van der Waals surface area contributed by atoms with E-state index in [2.05, 4.69) is 40.3 Å². The van der Waals surface area contributed by atoms with Crippen LogP contribution in [-0.2, 0) is 17.8 Å². The van der Waals surface area contributed by atoms with Gasteiger partial charge >= 0.3 is 0 Å². The van der Waals surface area contributed by atoms with E-state index in [-0.39, 0.29) is 18.4 Å². The van der Waals surface area contributed by atoms with E-state index in [9.17, 15) is 14.7 Å². The number of carbonyl (C=O) groups is 2. The number of amides is 2. The Hall–Kier alpha value is -3.36. The van der Waals surface area contributed by atoms with Gasteiger partial charge in [-0.3, -0.25) is 14.5 Å². The molecule has 2 amide bonds. The first-order valence-corrected chi connectivity index (χ1v) is 11.6. The summed E-state index contributed by atoms with van der Waals surface area (Å²) in [5.41, 5.74) is 3.52. The van der Waals surface area contributed by atoms with Gasteiger partial charge in [-0.2, -0.15) is 0 Å². The highest BCUT2D eigenvalue weighted by atomic mass is 16.5. The van der Waals surface area contributed by atoms with Crippen LogP contribution in [0, 0.1) is 0 Å². The molecule has 1 saturated heterocycles. The number of β-amino-alcohol motifs (C(OH)–C–C–N with tert-alkyl or cyclic N) is 1. The van der Waals surface area contributed by atoms with Gasteiger partial charge in [0.05, 0.1) is 24.9 Å². The first-order valence-electron chi connectivity index (χ1n) is 11.6. The van der Waals surface area contributed by atoms with Crippen LogP contribution >= 0.6 is 0 Å². The number of benzene rings is 2. The Kier molecular flexibility index (Phi) is 5.79. The van der Waals surface area contributed by atoms with Gasteiger partial charge in [0.15, 0.2) is 0 Å². The monoisotopic (exact) mass is 462 g/mol. The number of rotatable bonds is 6. The van der Waals surface area contributed by atoms with Crippen LogP contribution in [0.25, 0.3) is 0 Å². The van der Waals surface area contributed by atoms with E-state index in [0.29, 0.717) is 36.6 Å². The molecule has 2 aromatic carbocycles. The molecule has 3 aliphatic rings. The lowest BCUT2D eigenvalue weighted by molar-refractivity contribution is -0.146. The summed E-state index contributed by atoms with van der Waals surface area (Å²) >= 11 is 0. The summed E-state index contributed by atoms with van der Waals surface area (Å²) < 4.78 is 6.02. The van der Waals surface area contributed by atoms with E-state index in [4.69, 9.17) is 4.74 Å². The summed E-state index contributed by atoms with van der Waals surface area (Å²) in [7, 11) is 0. The lowest BCUT2D eigenvalue weighted by Gasteiger charge is -2.51. The number of likely N-dealkylation sites (tertiary alicyclic amines) is 1. The third-order valence-corrected chi connectivity index (χ3v) is 6.82. The first-order chi connectivity index (χ1) is 16.3. The summed E-state index contributed by atoms with van der Waals surface area (Å²) in [6.45, 7) is 9.04. The molecule has 3 N–H and O–H groups in total. The highest BCUT2D eigenvalue weighted by Gasteiger charge is 2.54. The van der Waals surface area contributed by atoms with E-state index in [0.717, 1.165) is 25.2 Å². The van der Waals surface area contributed by atoms with Crippen LogP contribution in [0.5, 0.6) is 5.75 Å². The van der Waals surface area contributed by atoms with Crippen molar-refractivity contribution in [3.05, 3.63) is 71.4 Å². The van der Waals surface area contributed by atoms with E-state index < -0.39 is 11.7 Å².